The second-order valence-electron chi connectivity index (χ2n) is 8.20. The van der Waals surface area contributed by atoms with Gasteiger partial charge in [-0.05, 0) is 46.7 Å². The lowest BCUT2D eigenvalue weighted by molar-refractivity contribution is 0.0947. The van der Waals surface area contributed by atoms with E-state index in [0.717, 1.165) is 24.2 Å². The van der Waals surface area contributed by atoms with Crippen molar-refractivity contribution in [1.29, 1.82) is 0 Å². The first-order valence-corrected chi connectivity index (χ1v) is 12.2. The van der Waals surface area contributed by atoms with Crippen molar-refractivity contribution in [2.75, 3.05) is 18.8 Å². The Morgan fingerprint density at radius 3 is 2.13 bits per heavy atom. The fourth-order valence-electron chi connectivity index (χ4n) is 3.58. The zero-order valence-electron chi connectivity index (χ0n) is 21.2. The van der Waals surface area contributed by atoms with E-state index in [2.05, 4.69) is 36.1 Å². The minimum atomic E-state index is -0.521. The van der Waals surface area contributed by atoms with Crippen LogP contribution in [0.15, 0.2) is 82.5 Å². The summed E-state index contributed by atoms with van der Waals surface area (Å²) < 4.78 is 6.09. The molecule has 1 amide bonds. The van der Waals surface area contributed by atoms with E-state index in [4.69, 9.17) is 10.4 Å². The molecule has 11 heteroatoms. The third kappa shape index (κ3) is 6.65. The van der Waals surface area contributed by atoms with Crippen LogP contribution in [0, 0.1) is 0 Å². The maximum atomic E-state index is 13.3. The van der Waals surface area contributed by atoms with Gasteiger partial charge in [-0.15, -0.1) is 5.10 Å². The highest BCUT2D eigenvalue weighted by molar-refractivity contribution is 6.09. The van der Waals surface area contributed by atoms with Crippen molar-refractivity contribution in [1.82, 2.24) is 35.6 Å². The molecule has 11 nitrogen and oxygen atoms in total. The van der Waals surface area contributed by atoms with Gasteiger partial charge >= 0.3 is 0 Å². The van der Waals surface area contributed by atoms with Gasteiger partial charge in [-0.1, -0.05) is 91.9 Å². The molecule has 2 aromatic heterocycles. The zero-order chi connectivity index (χ0) is 26.7. The van der Waals surface area contributed by atoms with E-state index in [1.807, 2.05) is 98.8 Å². The number of nitrogens with two attached hydrogens (primary N) is 1. The third-order valence-electron chi connectivity index (χ3n) is 5.72. The van der Waals surface area contributed by atoms with Gasteiger partial charge in [0.15, 0.2) is 5.69 Å². The minimum absolute atomic E-state index is 0.0417. The summed E-state index contributed by atoms with van der Waals surface area (Å²) in [4.78, 5) is 15.4. The molecular formula is C27H29N9O2. The van der Waals surface area contributed by atoms with Crippen LogP contribution in [0.1, 0.15) is 41.2 Å². The smallest absolute Gasteiger partial charge is 0.293 e. The Balaban J connectivity index is 1.63. The largest absolute Gasteiger partial charge is 0.378 e. The van der Waals surface area contributed by atoms with E-state index in [0.29, 0.717) is 18.0 Å². The molecule has 2 heterocycles. The zero-order valence-corrected chi connectivity index (χ0v) is 21.2. The number of aromatic nitrogens is 5. The highest BCUT2D eigenvalue weighted by atomic mass is 16.6. The SMILES string of the molecule is CCN(CC)Cc1c(C(=O)NN=C(/C=C/c2ccccc2)/C=C/c2ccccc2)nnn1-c1nonc1N. The second-order valence-corrected chi connectivity index (χ2v) is 8.20. The summed E-state index contributed by atoms with van der Waals surface area (Å²) in [6.07, 6.45) is 7.49. The van der Waals surface area contributed by atoms with Crippen molar-refractivity contribution in [3.05, 3.63) is 95.3 Å². The van der Waals surface area contributed by atoms with Crippen LogP contribution in [0.5, 0.6) is 0 Å². The maximum absolute atomic E-state index is 13.3. The summed E-state index contributed by atoms with van der Waals surface area (Å²) in [6.45, 7) is 5.95. The van der Waals surface area contributed by atoms with Gasteiger partial charge in [-0.2, -0.15) is 9.78 Å². The molecule has 4 rings (SSSR count). The van der Waals surface area contributed by atoms with Crippen molar-refractivity contribution in [2.45, 2.75) is 20.4 Å². The summed E-state index contributed by atoms with van der Waals surface area (Å²) in [5.41, 5.74) is 11.6. The number of allylic oxidation sites excluding steroid dienone is 2. The average molecular weight is 512 g/mol. The molecule has 0 unspecified atom stereocenters. The van der Waals surface area contributed by atoms with Gasteiger partial charge in [0.05, 0.1) is 11.4 Å². The lowest BCUT2D eigenvalue weighted by atomic mass is 10.1. The number of nitrogens with zero attached hydrogens (tertiary/aromatic N) is 7. The average Bonchev–Trinajstić information content (AvgIpc) is 3.57. The monoisotopic (exact) mass is 511 g/mol. The normalized spacial score (nSPS) is 11.4. The Bertz CT molecular complexity index is 1370. The Morgan fingerprint density at radius 1 is 1.00 bits per heavy atom. The quantitative estimate of drug-likeness (QED) is 0.230. The van der Waals surface area contributed by atoms with E-state index in [1.54, 1.807) is 0 Å². The van der Waals surface area contributed by atoms with Gasteiger partial charge in [0.1, 0.15) is 0 Å². The molecule has 0 saturated heterocycles. The molecule has 0 aliphatic heterocycles. The number of benzene rings is 2. The summed E-state index contributed by atoms with van der Waals surface area (Å²) in [6, 6.07) is 19.6. The van der Waals surface area contributed by atoms with Gasteiger partial charge in [0.2, 0.25) is 11.6 Å². The van der Waals surface area contributed by atoms with Gasteiger partial charge in [-0.25, -0.2) is 10.1 Å². The van der Waals surface area contributed by atoms with Crippen LogP contribution in [-0.4, -0.2) is 54.9 Å². The summed E-state index contributed by atoms with van der Waals surface area (Å²) in [5, 5.41) is 20.0. The fourth-order valence-corrected chi connectivity index (χ4v) is 3.58. The van der Waals surface area contributed by atoms with E-state index in [9.17, 15) is 4.79 Å². The van der Waals surface area contributed by atoms with E-state index in [1.165, 1.54) is 4.68 Å². The summed E-state index contributed by atoms with van der Waals surface area (Å²) in [5.74, 6) is -0.313. The van der Waals surface area contributed by atoms with Gasteiger partial charge < -0.3 is 5.73 Å². The van der Waals surface area contributed by atoms with Crippen molar-refractivity contribution < 1.29 is 9.42 Å². The molecule has 2 aromatic carbocycles. The van der Waals surface area contributed by atoms with Crippen molar-refractivity contribution in [3.8, 4) is 5.82 Å². The van der Waals surface area contributed by atoms with Crippen molar-refractivity contribution in [2.24, 2.45) is 5.10 Å². The molecule has 0 saturated carbocycles. The molecule has 0 aliphatic rings. The van der Waals surface area contributed by atoms with E-state index >= 15 is 0 Å². The number of rotatable bonds is 11. The topological polar surface area (TPSA) is 140 Å². The van der Waals surface area contributed by atoms with Crippen LogP contribution in [0.2, 0.25) is 0 Å². The number of nitrogens with one attached hydrogen (secondary N) is 1. The molecule has 194 valence electrons. The minimum Gasteiger partial charge on any atom is -0.378 e. The van der Waals surface area contributed by atoms with Crippen LogP contribution < -0.4 is 11.2 Å². The molecule has 0 spiro atoms. The highest BCUT2D eigenvalue weighted by Crippen LogP contribution is 2.17. The molecule has 0 bridgehead atoms. The molecule has 38 heavy (non-hydrogen) atoms. The van der Waals surface area contributed by atoms with E-state index in [-0.39, 0.29) is 17.3 Å². The van der Waals surface area contributed by atoms with Crippen LogP contribution in [0.25, 0.3) is 18.0 Å². The van der Waals surface area contributed by atoms with Crippen LogP contribution in [0.3, 0.4) is 0 Å². The number of amides is 1. The van der Waals surface area contributed by atoms with Crippen molar-refractivity contribution in [3.63, 3.8) is 0 Å². The maximum Gasteiger partial charge on any atom is 0.293 e. The Kier molecular flexibility index (Phi) is 8.87. The number of carbonyl (C=O) groups is 1. The number of nitrogen functional groups attached to an aromatic ring is 1. The molecule has 0 atom stereocenters. The molecule has 0 aliphatic carbocycles. The predicted octanol–water partition coefficient (Wildman–Crippen LogP) is 3.59. The first-order valence-electron chi connectivity index (χ1n) is 12.2. The van der Waals surface area contributed by atoms with Crippen LogP contribution in [-0.2, 0) is 6.54 Å². The lowest BCUT2D eigenvalue weighted by Crippen LogP contribution is -2.27. The van der Waals surface area contributed by atoms with E-state index < -0.39 is 5.91 Å². The summed E-state index contributed by atoms with van der Waals surface area (Å²) >= 11 is 0. The van der Waals surface area contributed by atoms with Gasteiger partial charge in [0.25, 0.3) is 5.91 Å². The van der Waals surface area contributed by atoms with Crippen LogP contribution >= 0.6 is 0 Å². The number of anilines is 1. The molecular weight excluding hydrogens is 482 g/mol. The first kappa shape index (κ1) is 26.2. The van der Waals surface area contributed by atoms with Gasteiger partial charge in [0, 0.05) is 6.54 Å². The Hall–Kier alpha value is -4.90. The Morgan fingerprint density at radius 2 is 1.61 bits per heavy atom. The number of hydrogen-bond donors (Lipinski definition) is 2. The third-order valence-corrected chi connectivity index (χ3v) is 5.72. The van der Waals surface area contributed by atoms with Crippen LogP contribution in [0.4, 0.5) is 5.82 Å². The number of hydrazone groups is 1. The Labute approximate surface area is 220 Å². The number of hydrogen-bond acceptors (Lipinski definition) is 9. The number of carbonyl (C=O) groups excluding carboxylic acids is 1. The first-order chi connectivity index (χ1) is 18.6. The standard InChI is InChI=1S/C27H29N9O2/c1-3-35(4-2)19-23-24(30-34-36(23)26-25(28)32-38-33-26)27(37)31-29-22(17-15-20-11-7-5-8-12-20)18-16-21-13-9-6-10-14-21/h5-18H,3-4,19H2,1-2H3,(H2,28,32)(H,31,37)/b17-15+,18-16+. The molecule has 3 N–H and O–H groups in total. The summed E-state index contributed by atoms with van der Waals surface area (Å²) in [7, 11) is 0. The molecule has 0 fully saturated rings. The lowest BCUT2D eigenvalue weighted by Gasteiger charge is -2.18. The predicted molar refractivity (Wildman–Crippen MR) is 146 cm³/mol. The highest BCUT2D eigenvalue weighted by Gasteiger charge is 2.25. The van der Waals surface area contributed by atoms with Crippen molar-refractivity contribution >= 4 is 29.6 Å². The second kappa shape index (κ2) is 12.9. The molecule has 0 radical (unpaired) electrons. The fraction of sp³-hybridized carbons (Fsp3) is 0.185. The van der Waals surface area contributed by atoms with Gasteiger partial charge in [-0.3, -0.25) is 9.69 Å². The molecule has 4 aromatic rings.